The maximum Gasteiger partial charge on any atom is 0.221 e. The lowest BCUT2D eigenvalue weighted by molar-refractivity contribution is 0.305. The van der Waals surface area contributed by atoms with Gasteiger partial charge >= 0.3 is 0 Å². The average molecular weight is 399 g/mol. The predicted octanol–water partition coefficient (Wildman–Crippen LogP) is 4.31. The molecule has 0 unspecified atom stereocenters. The van der Waals surface area contributed by atoms with Crippen LogP contribution in [-0.2, 0) is 6.61 Å². The van der Waals surface area contributed by atoms with E-state index in [-0.39, 0.29) is 0 Å². The molecule has 0 bridgehead atoms. The Morgan fingerprint density at radius 1 is 1.24 bits per heavy atom. The third-order valence-corrected chi connectivity index (χ3v) is 4.10. The largest absolute Gasteiger partial charge is 0.488 e. The van der Waals surface area contributed by atoms with Crippen molar-refractivity contribution in [3.8, 4) is 5.75 Å². The minimum absolute atomic E-state index is 0.353. The van der Waals surface area contributed by atoms with Crippen molar-refractivity contribution in [2.24, 2.45) is 5.10 Å². The van der Waals surface area contributed by atoms with E-state index in [0.29, 0.717) is 12.6 Å². The lowest BCUT2D eigenvalue weighted by Crippen LogP contribution is -2.00. The number of imidazole rings is 1. The molecule has 2 aromatic carbocycles. The molecule has 0 spiro atoms. The Balaban J connectivity index is 1.81. The molecule has 3 aromatic rings. The van der Waals surface area contributed by atoms with E-state index >= 15 is 0 Å². The molecule has 0 atom stereocenters. The Hall–Kier alpha value is -2.60. The standard InChI is InChI=1S/C19H19BrN4O/c1-13-4-3-5-15(8-13)12-25-18-7-6-17(20)9-16(18)10-22-24-11-14(2)23-19(24)21/h3-11H,12H2,1-2H3,(H2,21,23). The molecule has 5 nitrogen and oxygen atoms in total. The van der Waals surface area contributed by atoms with Gasteiger partial charge in [-0.2, -0.15) is 5.10 Å². The van der Waals surface area contributed by atoms with Gasteiger partial charge in [-0.05, 0) is 37.6 Å². The first-order chi connectivity index (χ1) is 12.0. The predicted molar refractivity (Wildman–Crippen MR) is 104 cm³/mol. The molecule has 6 heteroatoms. The summed E-state index contributed by atoms with van der Waals surface area (Å²) < 4.78 is 8.48. The maximum atomic E-state index is 5.99. The van der Waals surface area contributed by atoms with Gasteiger partial charge in [-0.3, -0.25) is 0 Å². The number of rotatable bonds is 5. The Kier molecular flexibility index (Phi) is 5.19. The first kappa shape index (κ1) is 17.2. The molecule has 128 valence electrons. The van der Waals surface area contributed by atoms with Crippen molar-refractivity contribution >= 4 is 28.1 Å². The van der Waals surface area contributed by atoms with Gasteiger partial charge in [0.2, 0.25) is 5.95 Å². The second-order valence-electron chi connectivity index (χ2n) is 5.79. The highest BCUT2D eigenvalue weighted by molar-refractivity contribution is 9.10. The van der Waals surface area contributed by atoms with E-state index in [4.69, 9.17) is 10.5 Å². The maximum absolute atomic E-state index is 5.99. The quantitative estimate of drug-likeness (QED) is 0.651. The number of nitrogens with two attached hydrogens (primary N) is 1. The fraction of sp³-hybridized carbons (Fsp3) is 0.158. The van der Waals surface area contributed by atoms with E-state index in [1.807, 2.05) is 31.2 Å². The summed E-state index contributed by atoms with van der Waals surface area (Å²) >= 11 is 3.49. The minimum Gasteiger partial charge on any atom is -0.488 e. The second kappa shape index (κ2) is 7.53. The third-order valence-electron chi connectivity index (χ3n) is 3.60. The number of ether oxygens (including phenoxy) is 1. The van der Waals surface area contributed by atoms with Crippen LogP contribution in [0.15, 0.2) is 58.2 Å². The molecular formula is C19H19BrN4O. The van der Waals surface area contributed by atoms with Crippen LogP contribution in [0.5, 0.6) is 5.75 Å². The smallest absolute Gasteiger partial charge is 0.221 e. The molecule has 1 aromatic heterocycles. The fourth-order valence-electron chi connectivity index (χ4n) is 2.44. The molecule has 0 saturated heterocycles. The van der Waals surface area contributed by atoms with Crippen LogP contribution < -0.4 is 10.5 Å². The molecule has 0 aliphatic rings. The molecule has 0 saturated carbocycles. The summed E-state index contributed by atoms with van der Waals surface area (Å²) in [6, 6.07) is 14.1. The van der Waals surface area contributed by atoms with Gasteiger partial charge in [0.1, 0.15) is 12.4 Å². The van der Waals surface area contributed by atoms with Crippen molar-refractivity contribution in [2.75, 3.05) is 5.73 Å². The van der Waals surface area contributed by atoms with Gasteiger partial charge < -0.3 is 10.5 Å². The summed E-state index contributed by atoms with van der Waals surface area (Å²) in [6.07, 6.45) is 3.49. The summed E-state index contributed by atoms with van der Waals surface area (Å²) in [4.78, 5) is 4.13. The molecule has 25 heavy (non-hydrogen) atoms. The van der Waals surface area contributed by atoms with Gasteiger partial charge in [-0.1, -0.05) is 45.8 Å². The van der Waals surface area contributed by atoms with Crippen molar-refractivity contribution < 1.29 is 4.74 Å². The number of hydrogen-bond donors (Lipinski definition) is 1. The lowest BCUT2D eigenvalue weighted by Gasteiger charge is -2.10. The first-order valence-electron chi connectivity index (χ1n) is 7.85. The van der Waals surface area contributed by atoms with E-state index in [0.717, 1.165) is 27.0 Å². The number of hydrogen-bond acceptors (Lipinski definition) is 4. The van der Waals surface area contributed by atoms with Crippen LogP contribution >= 0.6 is 15.9 Å². The monoisotopic (exact) mass is 398 g/mol. The number of benzene rings is 2. The lowest BCUT2D eigenvalue weighted by atomic mass is 10.1. The van der Waals surface area contributed by atoms with Crippen molar-refractivity contribution in [1.29, 1.82) is 0 Å². The number of anilines is 1. The summed E-state index contributed by atoms with van der Waals surface area (Å²) in [5, 5.41) is 4.37. The van der Waals surface area contributed by atoms with E-state index in [1.165, 1.54) is 5.56 Å². The van der Waals surface area contributed by atoms with Crippen LogP contribution in [-0.4, -0.2) is 15.9 Å². The Bertz CT molecular complexity index is 918. The van der Waals surface area contributed by atoms with Crippen molar-refractivity contribution in [3.05, 3.63) is 75.5 Å². The zero-order valence-electron chi connectivity index (χ0n) is 14.1. The molecule has 0 aliphatic carbocycles. The van der Waals surface area contributed by atoms with Gasteiger partial charge in [-0.25, -0.2) is 9.66 Å². The normalized spacial score (nSPS) is 11.2. The SMILES string of the molecule is Cc1cccc(COc2ccc(Br)cc2C=Nn2cc(C)nc2N)c1. The van der Waals surface area contributed by atoms with Gasteiger partial charge in [0.25, 0.3) is 0 Å². The summed E-state index contributed by atoms with van der Waals surface area (Å²) in [5.74, 6) is 1.11. The zero-order valence-corrected chi connectivity index (χ0v) is 15.7. The van der Waals surface area contributed by atoms with Crippen LogP contribution in [0.1, 0.15) is 22.4 Å². The van der Waals surface area contributed by atoms with E-state index < -0.39 is 0 Å². The molecule has 3 rings (SSSR count). The Labute approximate surface area is 155 Å². The van der Waals surface area contributed by atoms with Gasteiger partial charge in [-0.15, -0.1) is 0 Å². The number of aryl methyl sites for hydroxylation is 2. The van der Waals surface area contributed by atoms with E-state index in [2.05, 4.69) is 51.1 Å². The molecule has 0 amide bonds. The minimum atomic E-state index is 0.353. The Morgan fingerprint density at radius 2 is 2.08 bits per heavy atom. The van der Waals surface area contributed by atoms with Gasteiger partial charge in [0.05, 0.1) is 18.1 Å². The first-order valence-corrected chi connectivity index (χ1v) is 8.64. The van der Waals surface area contributed by atoms with Crippen LogP contribution in [0, 0.1) is 13.8 Å². The van der Waals surface area contributed by atoms with Crippen molar-refractivity contribution in [2.45, 2.75) is 20.5 Å². The van der Waals surface area contributed by atoms with Crippen LogP contribution in [0.3, 0.4) is 0 Å². The Morgan fingerprint density at radius 3 is 2.80 bits per heavy atom. The highest BCUT2D eigenvalue weighted by Gasteiger charge is 2.05. The van der Waals surface area contributed by atoms with Gasteiger partial charge in [0, 0.05) is 10.0 Å². The van der Waals surface area contributed by atoms with E-state index in [9.17, 15) is 0 Å². The molecule has 1 heterocycles. The van der Waals surface area contributed by atoms with E-state index in [1.54, 1.807) is 17.1 Å². The van der Waals surface area contributed by atoms with Crippen LogP contribution in [0.25, 0.3) is 0 Å². The summed E-state index contributed by atoms with van der Waals surface area (Å²) in [5.41, 5.74) is 9.83. The summed E-state index contributed by atoms with van der Waals surface area (Å²) in [7, 11) is 0. The van der Waals surface area contributed by atoms with Gasteiger partial charge in [0.15, 0.2) is 0 Å². The van der Waals surface area contributed by atoms with Crippen LogP contribution in [0.2, 0.25) is 0 Å². The molecule has 0 fully saturated rings. The summed E-state index contributed by atoms with van der Waals surface area (Å²) in [6.45, 7) is 4.44. The van der Waals surface area contributed by atoms with Crippen molar-refractivity contribution in [1.82, 2.24) is 9.66 Å². The molecular weight excluding hydrogens is 380 g/mol. The van der Waals surface area contributed by atoms with Crippen molar-refractivity contribution in [3.63, 3.8) is 0 Å². The topological polar surface area (TPSA) is 65.4 Å². The highest BCUT2D eigenvalue weighted by Crippen LogP contribution is 2.23. The number of aromatic nitrogens is 2. The molecule has 2 N–H and O–H groups in total. The second-order valence-corrected chi connectivity index (χ2v) is 6.71. The zero-order chi connectivity index (χ0) is 17.8. The highest BCUT2D eigenvalue weighted by atomic mass is 79.9. The average Bonchev–Trinajstić information content (AvgIpc) is 2.89. The molecule has 0 aliphatic heterocycles. The number of nitrogens with zero attached hydrogens (tertiary/aromatic N) is 3. The number of halogens is 1. The third kappa shape index (κ3) is 4.48. The van der Waals surface area contributed by atoms with Crippen LogP contribution in [0.4, 0.5) is 5.95 Å². The molecule has 0 radical (unpaired) electrons. The fourth-order valence-corrected chi connectivity index (χ4v) is 2.81. The number of nitrogen functional groups attached to an aromatic ring is 1.